The lowest BCUT2D eigenvalue weighted by Crippen LogP contribution is -2.15. The van der Waals surface area contributed by atoms with Crippen LogP contribution in [0.3, 0.4) is 0 Å². The van der Waals surface area contributed by atoms with Crippen LogP contribution in [0, 0.1) is 18.6 Å². The number of aryl methyl sites for hydroxylation is 1. The van der Waals surface area contributed by atoms with Crippen molar-refractivity contribution >= 4 is 31.6 Å². The van der Waals surface area contributed by atoms with Crippen LogP contribution in [0.15, 0.2) is 45.8 Å². The first-order valence-corrected chi connectivity index (χ1v) is 7.82. The SMILES string of the molecule is Cc1cc(F)c(NS(=O)(=O)c2ccccc2Br)cc1F. The fourth-order valence-corrected chi connectivity index (χ4v) is 3.65. The monoisotopic (exact) mass is 361 g/mol. The maximum absolute atomic E-state index is 13.7. The first-order valence-electron chi connectivity index (χ1n) is 5.54. The molecule has 2 rings (SSSR count). The minimum absolute atomic E-state index is 0.0552. The highest BCUT2D eigenvalue weighted by Crippen LogP contribution is 2.26. The maximum atomic E-state index is 13.7. The van der Waals surface area contributed by atoms with Crippen molar-refractivity contribution in [1.29, 1.82) is 0 Å². The average molecular weight is 362 g/mol. The Labute approximate surface area is 123 Å². The Kier molecular flexibility index (Phi) is 4.10. The third-order valence-corrected chi connectivity index (χ3v) is 5.00. The zero-order chi connectivity index (χ0) is 14.9. The van der Waals surface area contributed by atoms with E-state index in [9.17, 15) is 17.2 Å². The van der Waals surface area contributed by atoms with Crippen LogP contribution < -0.4 is 4.72 Å². The summed E-state index contributed by atoms with van der Waals surface area (Å²) in [5, 5.41) is 0. The molecule has 0 atom stereocenters. The first kappa shape index (κ1) is 14.9. The van der Waals surface area contributed by atoms with Gasteiger partial charge in [0.2, 0.25) is 0 Å². The van der Waals surface area contributed by atoms with Gasteiger partial charge in [-0.1, -0.05) is 12.1 Å². The Hall–Kier alpha value is -1.47. The summed E-state index contributed by atoms with van der Waals surface area (Å²) < 4.78 is 53.7. The van der Waals surface area contributed by atoms with Gasteiger partial charge in [0.1, 0.15) is 16.5 Å². The van der Waals surface area contributed by atoms with E-state index >= 15 is 0 Å². The molecule has 0 spiro atoms. The Morgan fingerprint density at radius 3 is 2.40 bits per heavy atom. The summed E-state index contributed by atoms with van der Waals surface area (Å²) in [5.74, 6) is -1.52. The summed E-state index contributed by atoms with van der Waals surface area (Å²) in [7, 11) is -4.00. The van der Waals surface area contributed by atoms with Crippen molar-refractivity contribution in [2.24, 2.45) is 0 Å². The Morgan fingerprint density at radius 2 is 1.75 bits per heavy atom. The summed E-state index contributed by atoms with van der Waals surface area (Å²) in [4.78, 5) is -0.0552. The van der Waals surface area contributed by atoms with Crippen LogP contribution in [0.4, 0.5) is 14.5 Å². The maximum Gasteiger partial charge on any atom is 0.263 e. The molecule has 2 aromatic carbocycles. The molecule has 20 heavy (non-hydrogen) atoms. The van der Waals surface area contributed by atoms with E-state index < -0.39 is 27.3 Å². The highest BCUT2D eigenvalue weighted by atomic mass is 79.9. The highest BCUT2D eigenvalue weighted by Gasteiger charge is 2.19. The van der Waals surface area contributed by atoms with E-state index in [1.807, 2.05) is 4.72 Å². The van der Waals surface area contributed by atoms with Gasteiger partial charge < -0.3 is 0 Å². The number of rotatable bonds is 3. The van der Waals surface area contributed by atoms with E-state index in [4.69, 9.17) is 0 Å². The minimum Gasteiger partial charge on any atom is -0.277 e. The zero-order valence-electron chi connectivity index (χ0n) is 10.3. The Balaban J connectivity index is 2.44. The number of halogens is 3. The predicted octanol–water partition coefficient (Wildman–Crippen LogP) is 3.84. The van der Waals surface area contributed by atoms with Crippen LogP contribution >= 0.6 is 15.9 Å². The number of anilines is 1. The number of hydrogen-bond acceptors (Lipinski definition) is 2. The second-order valence-corrected chi connectivity index (χ2v) is 6.62. The molecule has 0 aromatic heterocycles. The van der Waals surface area contributed by atoms with Gasteiger partial charge in [0.15, 0.2) is 0 Å². The number of hydrogen-bond donors (Lipinski definition) is 1. The third-order valence-electron chi connectivity index (χ3n) is 2.62. The molecule has 0 aliphatic carbocycles. The summed E-state index contributed by atoms with van der Waals surface area (Å²) in [6.45, 7) is 1.39. The lowest BCUT2D eigenvalue weighted by molar-refractivity contribution is 0.590. The van der Waals surface area contributed by atoms with Crippen LogP contribution in [-0.4, -0.2) is 8.42 Å². The largest absolute Gasteiger partial charge is 0.277 e. The van der Waals surface area contributed by atoms with Crippen LogP contribution in [0.1, 0.15) is 5.56 Å². The third kappa shape index (κ3) is 2.99. The molecule has 0 saturated heterocycles. The second kappa shape index (κ2) is 5.49. The van der Waals surface area contributed by atoms with E-state index in [1.54, 1.807) is 12.1 Å². The molecule has 7 heteroatoms. The van der Waals surface area contributed by atoms with Crippen LogP contribution in [0.25, 0.3) is 0 Å². The quantitative estimate of drug-likeness (QED) is 0.902. The summed E-state index contributed by atoms with van der Waals surface area (Å²) in [5.41, 5.74) is -0.324. The van der Waals surface area contributed by atoms with Gasteiger partial charge in [-0.3, -0.25) is 4.72 Å². The van der Waals surface area contributed by atoms with E-state index in [-0.39, 0.29) is 10.5 Å². The summed E-state index contributed by atoms with van der Waals surface area (Å²) in [6.07, 6.45) is 0. The molecular formula is C13H10BrF2NO2S. The van der Waals surface area contributed by atoms with Crippen LogP contribution in [-0.2, 0) is 10.0 Å². The Morgan fingerprint density at radius 1 is 1.10 bits per heavy atom. The Bertz CT molecular complexity index is 763. The number of benzene rings is 2. The second-order valence-electron chi connectivity index (χ2n) is 4.12. The van der Waals surface area contributed by atoms with E-state index in [1.165, 1.54) is 19.1 Å². The number of sulfonamides is 1. The normalized spacial score (nSPS) is 11.4. The predicted molar refractivity (Wildman–Crippen MR) is 76.0 cm³/mol. The smallest absolute Gasteiger partial charge is 0.263 e. The molecular weight excluding hydrogens is 352 g/mol. The summed E-state index contributed by atoms with van der Waals surface area (Å²) in [6, 6.07) is 7.84. The van der Waals surface area contributed by atoms with Crippen LogP contribution in [0.5, 0.6) is 0 Å². The van der Waals surface area contributed by atoms with E-state index in [0.29, 0.717) is 4.47 Å². The molecule has 0 radical (unpaired) electrons. The fourth-order valence-electron chi connectivity index (χ4n) is 1.59. The molecule has 0 bridgehead atoms. The summed E-state index contributed by atoms with van der Waals surface area (Å²) >= 11 is 3.10. The van der Waals surface area contributed by atoms with Gasteiger partial charge in [-0.2, -0.15) is 0 Å². The van der Waals surface area contributed by atoms with Crippen LogP contribution in [0.2, 0.25) is 0 Å². The highest BCUT2D eigenvalue weighted by molar-refractivity contribution is 9.10. The first-order chi connectivity index (χ1) is 9.31. The fraction of sp³-hybridized carbons (Fsp3) is 0.0769. The van der Waals surface area contributed by atoms with Gasteiger partial charge in [-0.05, 0) is 46.6 Å². The van der Waals surface area contributed by atoms with Gasteiger partial charge in [0.25, 0.3) is 10.0 Å². The molecule has 2 aromatic rings. The van der Waals surface area contributed by atoms with Crippen molar-refractivity contribution in [1.82, 2.24) is 0 Å². The van der Waals surface area contributed by atoms with Crippen molar-refractivity contribution in [2.75, 3.05) is 4.72 Å². The van der Waals surface area contributed by atoms with Gasteiger partial charge in [-0.15, -0.1) is 0 Å². The minimum atomic E-state index is -4.00. The van der Waals surface area contributed by atoms with Crippen molar-refractivity contribution in [3.63, 3.8) is 0 Å². The lowest BCUT2D eigenvalue weighted by Gasteiger charge is -2.11. The molecule has 0 saturated carbocycles. The molecule has 0 heterocycles. The van der Waals surface area contributed by atoms with Crippen molar-refractivity contribution in [3.05, 3.63) is 58.1 Å². The standard InChI is InChI=1S/C13H10BrF2NO2S/c1-8-6-11(16)12(7-10(8)15)17-20(18,19)13-5-3-2-4-9(13)14/h2-7,17H,1H3. The zero-order valence-corrected chi connectivity index (χ0v) is 12.7. The molecule has 3 nitrogen and oxygen atoms in total. The lowest BCUT2D eigenvalue weighted by atomic mass is 10.2. The van der Waals surface area contributed by atoms with Gasteiger partial charge >= 0.3 is 0 Å². The molecule has 1 N–H and O–H groups in total. The topological polar surface area (TPSA) is 46.2 Å². The average Bonchev–Trinajstić information content (AvgIpc) is 2.36. The molecule has 0 unspecified atom stereocenters. The van der Waals surface area contributed by atoms with Gasteiger partial charge in [-0.25, -0.2) is 17.2 Å². The van der Waals surface area contributed by atoms with Crippen molar-refractivity contribution < 1.29 is 17.2 Å². The van der Waals surface area contributed by atoms with E-state index in [2.05, 4.69) is 15.9 Å². The molecule has 0 aliphatic rings. The van der Waals surface area contributed by atoms with E-state index in [0.717, 1.165) is 12.1 Å². The van der Waals surface area contributed by atoms with Crippen molar-refractivity contribution in [2.45, 2.75) is 11.8 Å². The molecule has 0 amide bonds. The van der Waals surface area contributed by atoms with Gasteiger partial charge in [0.05, 0.1) is 5.69 Å². The van der Waals surface area contributed by atoms with Crippen molar-refractivity contribution in [3.8, 4) is 0 Å². The molecule has 0 aliphatic heterocycles. The molecule has 106 valence electrons. The number of nitrogens with one attached hydrogen (secondary N) is 1. The van der Waals surface area contributed by atoms with Gasteiger partial charge in [0, 0.05) is 10.5 Å². The molecule has 0 fully saturated rings.